The Labute approximate surface area is 181 Å². The van der Waals surface area contributed by atoms with Gasteiger partial charge in [0.2, 0.25) is 0 Å². The Bertz CT molecular complexity index is 892. The van der Waals surface area contributed by atoms with Crippen LogP contribution in [0.15, 0.2) is 91.0 Å². The van der Waals surface area contributed by atoms with Gasteiger partial charge in [-0.25, -0.2) is 0 Å². The standard InChI is InChI=1S/C25H27BrNOP/c1-20(2)27-19-18-24(25(27)28)29(26,21-12-6-3-7-13-21,22-14-8-4-9-15-22)23-16-10-5-11-17-23/h3-17,20,24H,18-19H2,1-2H3. The average molecular weight is 468 g/mol. The first-order valence-electron chi connectivity index (χ1n) is 10.2. The summed E-state index contributed by atoms with van der Waals surface area (Å²) in [4.78, 5) is 15.9. The van der Waals surface area contributed by atoms with Crippen LogP contribution in [0.3, 0.4) is 0 Å². The van der Waals surface area contributed by atoms with E-state index in [2.05, 4.69) is 102 Å². The van der Waals surface area contributed by atoms with E-state index in [1.165, 1.54) is 15.9 Å². The summed E-state index contributed by atoms with van der Waals surface area (Å²) in [6.07, 6.45) is 0.846. The molecule has 1 saturated heterocycles. The van der Waals surface area contributed by atoms with Gasteiger partial charge in [-0.15, -0.1) is 0 Å². The van der Waals surface area contributed by atoms with Gasteiger partial charge >= 0.3 is 182 Å². The Morgan fingerprint density at radius 3 is 1.48 bits per heavy atom. The van der Waals surface area contributed by atoms with Gasteiger partial charge in [-0.2, -0.15) is 0 Å². The summed E-state index contributed by atoms with van der Waals surface area (Å²) in [6, 6.07) is 32.0. The molecule has 3 aromatic carbocycles. The summed E-state index contributed by atoms with van der Waals surface area (Å²) < 4.78 is 0. The number of likely N-dealkylation sites (tertiary alicyclic amines) is 1. The van der Waals surface area contributed by atoms with Gasteiger partial charge in [-0.05, 0) is 0 Å². The van der Waals surface area contributed by atoms with Crippen LogP contribution in [0.5, 0.6) is 0 Å². The van der Waals surface area contributed by atoms with Gasteiger partial charge in [0.15, 0.2) is 0 Å². The summed E-state index contributed by atoms with van der Waals surface area (Å²) in [7, 11) is 0. The maximum atomic E-state index is 13.8. The number of rotatable bonds is 5. The van der Waals surface area contributed by atoms with Gasteiger partial charge in [0.25, 0.3) is 0 Å². The second-order valence-electron chi connectivity index (χ2n) is 8.01. The van der Waals surface area contributed by atoms with Crippen LogP contribution in [0.4, 0.5) is 0 Å². The van der Waals surface area contributed by atoms with Crippen molar-refractivity contribution in [2.24, 2.45) is 0 Å². The Kier molecular flexibility index (Phi) is 5.40. The molecule has 2 nitrogen and oxygen atoms in total. The zero-order valence-corrected chi connectivity index (χ0v) is 19.4. The second-order valence-corrected chi connectivity index (χ2v) is 16.8. The third-order valence-electron chi connectivity index (χ3n) is 6.20. The van der Waals surface area contributed by atoms with Gasteiger partial charge < -0.3 is 0 Å². The molecule has 0 N–H and O–H groups in total. The first kappa shape index (κ1) is 20.3. The van der Waals surface area contributed by atoms with Gasteiger partial charge in [-0.3, -0.25) is 0 Å². The van der Waals surface area contributed by atoms with Crippen LogP contribution in [-0.2, 0) is 4.79 Å². The summed E-state index contributed by atoms with van der Waals surface area (Å²) in [5.41, 5.74) is -0.129. The van der Waals surface area contributed by atoms with Crippen LogP contribution in [-0.4, -0.2) is 29.1 Å². The average Bonchev–Trinajstić information content (AvgIpc) is 3.18. The molecule has 0 radical (unpaired) electrons. The molecule has 3 aromatic rings. The normalized spacial score (nSPS) is 18.6. The number of nitrogens with zero attached hydrogens (tertiary/aromatic N) is 1. The Morgan fingerprint density at radius 2 is 1.17 bits per heavy atom. The van der Waals surface area contributed by atoms with Crippen molar-refractivity contribution < 1.29 is 4.79 Å². The quantitative estimate of drug-likeness (QED) is 0.491. The number of carbonyl (C=O) groups is 1. The molecule has 0 spiro atoms. The minimum atomic E-state index is -3.24. The van der Waals surface area contributed by atoms with E-state index < -0.39 is 5.31 Å². The van der Waals surface area contributed by atoms with E-state index in [0.717, 1.165) is 13.0 Å². The van der Waals surface area contributed by atoms with Crippen molar-refractivity contribution in [2.45, 2.75) is 32.0 Å². The van der Waals surface area contributed by atoms with E-state index in [9.17, 15) is 4.79 Å². The van der Waals surface area contributed by atoms with E-state index in [1.807, 2.05) is 23.1 Å². The molecule has 1 aliphatic rings. The summed E-state index contributed by atoms with van der Waals surface area (Å²) in [6.45, 7) is 5.02. The molecule has 0 aromatic heterocycles. The number of carbonyl (C=O) groups excluding carboxylic acids is 1. The predicted octanol–water partition coefficient (Wildman–Crippen LogP) is 4.84. The van der Waals surface area contributed by atoms with Gasteiger partial charge in [-0.1, -0.05) is 0 Å². The SMILES string of the molecule is CC(C)N1CCC(P(Br)(c2ccccc2)(c2ccccc2)c2ccccc2)C1=O. The molecular formula is C25H27BrNOP. The molecule has 0 saturated carbocycles. The van der Waals surface area contributed by atoms with Crippen molar-refractivity contribution in [3.8, 4) is 0 Å². The molecule has 1 atom stereocenters. The molecule has 4 heteroatoms. The van der Waals surface area contributed by atoms with Crippen LogP contribution in [0, 0.1) is 0 Å². The molecule has 29 heavy (non-hydrogen) atoms. The van der Waals surface area contributed by atoms with E-state index in [4.69, 9.17) is 0 Å². The fourth-order valence-electron chi connectivity index (χ4n) is 4.79. The minimum absolute atomic E-state index is 0.129. The Balaban J connectivity index is 2.10. The Hall–Kier alpha value is -1.96. The number of halogens is 1. The molecule has 0 aliphatic carbocycles. The molecular weight excluding hydrogens is 441 g/mol. The van der Waals surface area contributed by atoms with Crippen molar-refractivity contribution in [3.63, 3.8) is 0 Å². The fourth-order valence-corrected chi connectivity index (χ4v) is 13.5. The molecule has 1 amide bonds. The molecule has 1 unspecified atom stereocenters. The maximum absolute atomic E-state index is 13.8. The summed E-state index contributed by atoms with van der Waals surface area (Å²) >= 11 is 4.44. The van der Waals surface area contributed by atoms with Crippen LogP contribution >= 0.6 is 20.8 Å². The van der Waals surface area contributed by atoms with Crippen LogP contribution in [0.1, 0.15) is 20.3 Å². The molecule has 1 fully saturated rings. The fraction of sp³-hybridized carbons (Fsp3) is 0.240. The first-order chi connectivity index (χ1) is 14.0. The predicted molar refractivity (Wildman–Crippen MR) is 129 cm³/mol. The van der Waals surface area contributed by atoms with Crippen molar-refractivity contribution >= 4 is 42.6 Å². The molecule has 4 rings (SSSR count). The number of benzene rings is 3. The van der Waals surface area contributed by atoms with E-state index in [0.29, 0.717) is 0 Å². The summed E-state index contributed by atoms with van der Waals surface area (Å²) in [5.74, 6) is 0.256. The van der Waals surface area contributed by atoms with Gasteiger partial charge in [0, 0.05) is 0 Å². The molecule has 150 valence electrons. The van der Waals surface area contributed by atoms with E-state index in [1.54, 1.807) is 0 Å². The summed E-state index contributed by atoms with van der Waals surface area (Å²) in [5, 5.41) is 0.382. The van der Waals surface area contributed by atoms with Gasteiger partial charge in [0.1, 0.15) is 0 Å². The molecule has 0 bridgehead atoms. The monoisotopic (exact) mass is 467 g/mol. The molecule has 1 heterocycles. The van der Waals surface area contributed by atoms with Crippen LogP contribution in [0.25, 0.3) is 0 Å². The Morgan fingerprint density at radius 1 is 0.793 bits per heavy atom. The van der Waals surface area contributed by atoms with E-state index >= 15 is 0 Å². The second kappa shape index (κ2) is 7.70. The topological polar surface area (TPSA) is 20.3 Å². The number of hydrogen-bond acceptors (Lipinski definition) is 1. The van der Waals surface area contributed by atoms with Gasteiger partial charge in [0.05, 0.1) is 0 Å². The number of amides is 1. The third kappa shape index (κ3) is 2.98. The van der Waals surface area contributed by atoms with Crippen molar-refractivity contribution in [1.82, 2.24) is 4.90 Å². The van der Waals surface area contributed by atoms with Crippen molar-refractivity contribution in [3.05, 3.63) is 91.0 Å². The zero-order chi connectivity index (χ0) is 20.5. The molecule has 1 aliphatic heterocycles. The zero-order valence-electron chi connectivity index (χ0n) is 16.9. The number of hydrogen-bond donors (Lipinski definition) is 0. The van der Waals surface area contributed by atoms with E-state index in [-0.39, 0.29) is 17.6 Å². The van der Waals surface area contributed by atoms with Crippen molar-refractivity contribution in [2.75, 3.05) is 6.54 Å². The third-order valence-corrected chi connectivity index (χ3v) is 16.9. The van der Waals surface area contributed by atoms with Crippen molar-refractivity contribution in [1.29, 1.82) is 0 Å². The first-order valence-corrected chi connectivity index (χ1v) is 14.5. The van der Waals surface area contributed by atoms with Crippen LogP contribution in [0.2, 0.25) is 0 Å². The van der Waals surface area contributed by atoms with Crippen LogP contribution < -0.4 is 15.9 Å².